The van der Waals surface area contributed by atoms with Gasteiger partial charge in [-0.25, -0.2) is 0 Å². The topological polar surface area (TPSA) is 82.1 Å². The smallest absolute Gasteiger partial charge is 0.204 e. The lowest BCUT2D eigenvalue weighted by Crippen LogP contribution is -2.49. The van der Waals surface area contributed by atoms with Crippen LogP contribution in [0.2, 0.25) is 0 Å². The predicted molar refractivity (Wildman–Crippen MR) is 114 cm³/mol. The molecule has 1 fully saturated rings. The molecule has 7 heteroatoms. The second-order valence-electron chi connectivity index (χ2n) is 7.32. The molecule has 1 saturated heterocycles. The highest BCUT2D eigenvalue weighted by Gasteiger charge is 2.21. The van der Waals surface area contributed by atoms with Crippen LogP contribution in [0.15, 0.2) is 52.9 Å². The first kappa shape index (κ1) is 20.1. The molecule has 2 heterocycles. The van der Waals surface area contributed by atoms with Gasteiger partial charge in [-0.1, -0.05) is 24.3 Å². The number of methoxy groups -OCH3 is 1. The van der Waals surface area contributed by atoms with Crippen molar-refractivity contribution in [3.05, 3.63) is 54.3 Å². The first-order chi connectivity index (χ1) is 14.7. The lowest BCUT2D eigenvalue weighted by Gasteiger charge is -2.37. The number of anilines is 1. The van der Waals surface area contributed by atoms with E-state index in [9.17, 15) is 5.11 Å². The standard InChI is InChI=1S/C23H25N3O4/c1-28-21-7-3-2-6-20(21)26-11-9-25(10-12-26)15-18(27)16-29-22-8-4-5-17-13-19(14-24)30-23(17)22/h2-8,13,18,27H,9-12,15-16H2,1H3. The number of ether oxygens (including phenoxy) is 2. The molecule has 0 radical (unpaired) electrons. The largest absolute Gasteiger partial charge is 0.495 e. The van der Waals surface area contributed by atoms with Gasteiger partial charge in [0.15, 0.2) is 11.3 Å². The van der Waals surface area contributed by atoms with Gasteiger partial charge in [0.05, 0.1) is 12.8 Å². The molecule has 0 amide bonds. The molecule has 0 aliphatic carbocycles. The van der Waals surface area contributed by atoms with Crippen molar-refractivity contribution < 1.29 is 19.0 Å². The van der Waals surface area contributed by atoms with Gasteiger partial charge in [-0.05, 0) is 18.2 Å². The summed E-state index contributed by atoms with van der Waals surface area (Å²) in [7, 11) is 1.69. The van der Waals surface area contributed by atoms with Gasteiger partial charge >= 0.3 is 0 Å². The third kappa shape index (κ3) is 4.35. The molecule has 4 rings (SSSR count). The molecule has 1 aliphatic heterocycles. The van der Waals surface area contributed by atoms with E-state index in [1.807, 2.05) is 36.4 Å². The van der Waals surface area contributed by atoms with Gasteiger partial charge in [-0.2, -0.15) is 5.26 Å². The third-order valence-corrected chi connectivity index (χ3v) is 5.32. The summed E-state index contributed by atoms with van der Waals surface area (Å²) in [6, 6.07) is 17.2. The third-order valence-electron chi connectivity index (χ3n) is 5.32. The lowest BCUT2D eigenvalue weighted by atomic mass is 10.2. The molecule has 0 saturated carbocycles. The Bertz CT molecular complexity index is 1030. The van der Waals surface area contributed by atoms with Crippen molar-refractivity contribution in [1.29, 1.82) is 5.26 Å². The van der Waals surface area contributed by atoms with Crippen LogP contribution in [-0.4, -0.2) is 62.6 Å². The fourth-order valence-corrected chi connectivity index (χ4v) is 3.80. The van der Waals surface area contributed by atoms with Crippen molar-refractivity contribution in [3.63, 3.8) is 0 Å². The van der Waals surface area contributed by atoms with Crippen molar-refractivity contribution in [2.75, 3.05) is 51.3 Å². The summed E-state index contributed by atoms with van der Waals surface area (Å²) in [5.41, 5.74) is 1.64. The molecule has 1 N–H and O–H groups in total. The van der Waals surface area contributed by atoms with Crippen molar-refractivity contribution in [1.82, 2.24) is 4.90 Å². The van der Waals surface area contributed by atoms with Gasteiger partial charge in [-0.15, -0.1) is 0 Å². The lowest BCUT2D eigenvalue weighted by molar-refractivity contribution is 0.0664. The number of nitrogens with zero attached hydrogens (tertiary/aromatic N) is 3. The summed E-state index contributed by atoms with van der Waals surface area (Å²) in [5, 5.41) is 20.3. The Balaban J connectivity index is 1.29. The van der Waals surface area contributed by atoms with Crippen molar-refractivity contribution in [2.45, 2.75) is 6.10 Å². The van der Waals surface area contributed by atoms with Crippen molar-refractivity contribution in [3.8, 4) is 17.6 Å². The number of aliphatic hydroxyl groups is 1. The van der Waals surface area contributed by atoms with Gasteiger partial charge in [-0.3, -0.25) is 4.90 Å². The zero-order valence-corrected chi connectivity index (χ0v) is 17.0. The first-order valence-corrected chi connectivity index (χ1v) is 10.0. The van der Waals surface area contributed by atoms with Crippen LogP contribution in [-0.2, 0) is 0 Å². The average Bonchev–Trinajstić information content (AvgIpc) is 3.22. The number of rotatable bonds is 7. The van der Waals surface area contributed by atoms with Crippen LogP contribution in [0.4, 0.5) is 5.69 Å². The Morgan fingerprint density at radius 2 is 1.87 bits per heavy atom. The Hall–Kier alpha value is -3.21. The van der Waals surface area contributed by atoms with Crippen LogP contribution in [0.25, 0.3) is 11.0 Å². The predicted octanol–water partition coefficient (Wildman–Crippen LogP) is 2.87. The normalized spacial score (nSPS) is 15.7. The number of β-amino-alcohol motifs (C(OH)–C–C–N with tert-alkyl or cyclic N) is 1. The Labute approximate surface area is 175 Å². The quantitative estimate of drug-likeness (QED) is 0.645. The van der Waals surface area contributed by atoms with Crippen LogP contribution in [0.1, 0.15) is 5.76 Å². The van der Waals surface area contributed by atoms with E-state index in [4.69, 9.17) is 19.2 Å². The number of hydrogen-bond acceptors (Lipinski definition) is 7. The molecule has 1 aliphatic rings. The van der Waals surface area contributed by atoms with E-state index in [0.29, 0.717) is 17.9 Å². The molecular weight excluding hydrogens is 382 g/mol. The maximum absolute atomic E-state index is 10.5. The summed E-state index contributed by atoms with van der Waals surface area (Å²) in [4.78, 5) is 4.55. The highest BCUT2D eigenvalue weighted by atomic mass is 16.5. The fraction of sp³-hybridized carbons (Fsp3) is 0.348. The van der Waals surface area contributed by atoms with E-state index in [-0.39, 0.29) is 12.4 Å². The summed E-state index contributed by atoms with van der Waals surface area (Å²) >= 11 is 0. The number of fused-ring (bicyclic) bond motifs is 1. The average molecular weight is 407 g/mol. The second-order valence-corrected chi connectivity index (χ2v) is 7.32. The van der Waals surface area contributed by atoms with E-state index in [1.54, 1.807) is 19.2 Å². The molecule has 1 unspecified atom stereocenters. The number of benzene rings is 2. The Morgan fingerprint density at radius 3 is 2.63 bits per heavy atom. The highest BCUT2D eigenvalue weighted by molar-refractivity contribution is 5.84. The van der Waals surface area contributed by atoms with Crippen LogP contribution < -0.4 is 14.4 Å². The number of nitriles is 1. The van der Waals surface area contributed by atoms with Gasteiger partial charge in [0.1, 0.15) is 24.5 Å². The summed E-state index contributed by atoms with van der Waals surface area (Å²) in [5.74, 6) is 1.66. The Kier molecular flexibility index (Phi) is 6.07. The minimum Gasteiger partial charge on any atom is -0.495 e. The molecular formula is C23H25N3O4. The number of aliphatic hydroxyl groups excluding tert-OH is 1. The van der Waals surface area contributed by atoms with E-state index >= 15 is 0 Å². The van der Waals surface area contributed by atoms with E-state index in [1.165, 1.54) is 0 Å². The molecule has 30 heavy (non-hydrogen) atoms. The van der Waals surface area contributed by atoms with Crippen molar-refractivity contribution in [2.24, 2.45) is 0 Å². The SMILES string of the molecule is COc1ccccc1N1CCN(CC(O)COc2cccc3cc(C#N)oc23)CC1. The number of furan rings is 1. The van der Waals surface area contributed by atoms with Gasteiger partial charge < -0.3 is 23.9 Å². The number of hydrogen-bond donors (Lipinski definition) is 1. The molecule has 1 aromatic heterocycles. The molecule has 2 aromatic carbocycles. The van der Waals surface area contributed by atoms with Gasteiger partial charge in [0.2, 0.25) is 5.76 Å². The maximum Gasteiger partial charge on any atom is 0.204 e. The fourth-order valence-electron chi connectivity index (χ4n) is 3.80. The monoisotopic (exact) mass is 407 g/mol. The summed E-state index contributed by atoms with van der Waals surface area (Å²) < 4.78 is 16.8. The summed E-state index contributed by atoms with van der Waals surface area (Å²) in [6.07, 6.45) is -0.622. The van der Waals surface area contributed by atoms with E-state index < -0.39 is 6.10 Å². The van der Waals surface area contributed by atoms with Gasteiger partial charge in [0, 0.05) is 44.2 Å². The van der Waals surface area contributed by atoms with Crippen LogP contribution >= 0.6 is 0 Å². The van der Waals surface area contributed by atoms with Gasteiger partial charge in [0.25, 0.3) is 0 Å². The van der Waals surface area contributed by atoms with Crippen molar-refractivity contribution >= 4 is 16.7 Å². The molecule has 0 spiro atoms. The van der Waals surface area contributed by atoms with Crippen LogP contribution in [0, 0.1) is 11.3 Å². The maximum atomic E-state index is 10.5. The van der Waals surface area contributed by atoms with Crippen LogP contribution in [0.3, 0.4) is 0 Å². The number of para-hydroxylation sites is 3. The van der Waals surface area contributed by atoms with E-state index in [0.717, 1.165) is 43.0 Å². The highest BCUT2D eigenvalue weighted by Crippen LogP contribution is 2.29. The minimum atomic E-state index is -0.622. The minimum absolute atomic E-state index is 0.161. The molecule has 0 bridgehead atoms. The molecule has 156 valence electrons. The second kappa shape index (κ2) is 9.08. The molecule has 7 nitrogen and oxygen atoms in total. The molecule has 1 atom stereocenters. The number of piperazine rings is 1. The summed E-state index contributed by atoms with van der Waals surface area (Å²) in [6.45, 7) is 4.15. The first-order valence-electron chi connectivity index (χ1n) is 10.0. The molecule has 3 aromatic rings. The van der Waals surface area contributed by atoms with Crippen LogP contribution in [0.5, 0.6) is 11.5 Å². The Morgan fingerprint density at radius 1 is 1.10 bits per heavy atom. The zero-order valence-electron chi connectivity index (χ0n) is 17.0. The van der Waals surface area contributed by atoms with E-state index in [2.05, 4.69) is 15.9 Å². The zero-order chi connectivity index (χ0) is 20.9.